The van der Waals surface area contributed by atoms with Crippen LogP contribution in [0.15, 0.2) is 29.6 Å². The Morgan fingerprint density at radius 2 is 2.31 bits per heavy atom. The topological polar surface area (TPSA) is 56.2 Å². The summed E-state index contributed by atoms with van der Waals surface area (Å²) in [5, 5.41) is 9.81. The van der Waals surface area contributed by atoms with Gasteiger partial charge in [-0.25, -0.2) is 0 Å². The third-order valence-corrected chi connectivity index (χ3v) is 3.89. The van der Waals surface area contributed by atoms with Crippen molar-refractivity contribution in [2.24, 2.45) is 5.73 Å². The first-order valence-electron chi connectivity index (χ1n) is 5.51. The molecular weight excluding hydrogens is 220 g/mol. The molecule has 2 N–H and O–H groups in total. The third kappa shape index (κ3) is 2.36. The van der Waals surface area contributed by atoms with Crippen LogP contribution in [0.2, 0.25) is 0 Å². The molecule has 1 atom stereocenters. The molecule has 16 heavy (non-hydrogen) atoms. The summed E-state index contributed by atoms with van der Waals surface area (Å²) in [6, 6.07) is 5.92. The smallest absolute Gasteiger partial charge is 0.195 e. The van der Waals surface area contributed by atoms with Crippen LogP contribution >= 0.6 is 11.8 Å². The Bertz CT molecular complexity index is 454. The molecule has 2 aromatic rings. The van der Waals surface area contributed by atoms with Gasteiger partial charge in [-0.3, -0.25) is 4.40 Å². The summed E-state index contributed by atoms with van der Waals surface area (Å²) in [5.41, 5.74) is 6.49. The largest absolute Gasteiger partial charge is 0.330 e. The number of rotatable bonds is 5. The van der Waals surface area contributed by atoms with E-state index in [0.717, 1.165) is 30.2 Å². The molecular formula is C11H16N4S. The van der Waals surface area contributed by atoms with Crippen molar-refractivity contribution in [1.29, 1.82) is 0 Å². The summed E-state index contributed by atoms with van der Waals surface area (Å²) in [5.74, 6) is 0. The van der Waals surface area contributed by atoms with E-state index in [2.05, 4.69) is 17.1 Å². The molecule has 1 unspecified atom stereocenters. The number of thioether (sulfide) groups is 1. The fourth-order valence-corrected chi connectivity index (χ4v) is 2.66. The van der Waals surface area contributed by atoms with Crippen molar-refractivity contribution in [3.8, 4) is 0 Å². The quantitative estimate of drug-likeness (QED) is 0.806. The maximum Gasteiger partial charge on any atom is 0.195 e. The van der Waals surface area contributed by atoms with E-state index in [0.29, 0.717) is 5.25 Å². The zero-order chi connectivity index (χ0) is 11.4. The SMILES string of the molecule is CCC(CCN)Sc1nnc2ccccn12. The Morgan fingerprint density at radius 1 is 1.44 bits per heavy atom. The summed E-state index contributed by atoms with van der Waals surface area (Å²) >= 11 is 1.76. The number of hydrogen-bond donors (Lipinski definition) is 1. The lowest BCUT2D eigenvalue weighted by atomic mass is 10.2. The van der Waals surface area contributed by atoms with E-state index in [1.165, 1.54) is 0 Å². The summed E-state index contributed by atoms with van der Waals surface area (Å²) < 4.78 is 2.02. The molecule has 0 aromatic carbocycles. The summed E-state index contributed by atoms with van der Waals surface area (Å²) in [6.07, 6.45) is 4.11. The van der Waals surface area contributed by atoms with Gasteiger partial charge in [0.2, 0.25) is 0 Å². The van der Waals surface area contributed by atoms with Crippen molar-refractivity contribution < 1.29 is 0 Å². The Kier molecular flexibility index (Phi) is 3.79. The second-order valence-corrected chi connectivity index (χ2v) is 4.90. The maximum absolute atomic E-state index is 5.59. The third-order valence-electron chi connectivity index (χ3n) is 2.50. The lowest BCUT2D eigenvalue weighted by Crippen LogP contribution is -2.10. The molecule has 2 rings (SSSR count). The zero-order valence-electron chi connectivity index (χ0n) is 9.34. The minimum absolute atomic E-state index is 0.526. The van der Waals surface area contributed by atoms with Crippen LogP contribution in [0.3, 0.4) is 0 Å². The minimum atomic E-state index is 0.526. The number of aromatic nitrogens is 3. The molecule has 0 aliphatic rings. The Morgan fingerprint density at radius 3 is 3.06 bits per heavy atom. The number of nitrogens with two attached hydrogens (primary N) is 1. The summed E-state index contributed by atoms with van der Waals surface area (Å²) in [4.78, 5) is 0. The summed E-state index contributed by atoms with van der Waals surface area (Å²) in [6.45, 7) is 2.90. The first-order valence-corrected chi connectivity index (χ1v) is 6.39. The van der Waals surface area contributed by atoms with Crippen LogP contribution in [0.1, 0.15) is 19.8 Å². The molecule has 5 heteroatoms. The van der Waals surface area contributed by atoms with Crippen LogP contribution in [0, 0.1) is 0 Å². The fourth-order valence-electron chi connectivity index (χ4n) is 1.58. The van der Waals surface area contributed by atoms with E-state index in [9.17, 15) is 0 Å². The van der Waals surface area contributed by atoms with Crippen LogP contribution in [-0.2, 0) is 0 Å². The standard InChI is InChI=1S/C11H16N4S/c1-2-9(6-7-12)16-11-14-13-10-5-3-4-8-15(10)11/h3-5,8-9H,2,6-7,12H2,1H3. The van der Waals surface area contributed by atoms with E-state index >= 15 is 0 Å². The van der Waals surface area contributed by atoms with Gasteiger partial charge in [0.15, 0.2) is 10.8 Å². The Balaban J connectivity index is 2.20. The van der Waals surface area contributed by atoms with Crippen molar-refractivity contribution in [2.45, 2.75) is 30.2 Å². The molecule has 0 aliphatic carbocycles. The van der Waals surface area contributed by atoms with Gasteiger partial charge < -0.3 is 5.73 Å². The van der Waals surface area contributed by atoms with Gasteiger partial charge in [-0.05, 0) is 31.5 Å². The van der Waals surface area contributed by atoms with Crippen LogP contribution < -0.4 is 5.73 Å². The fraction of sp³-hybridized carbons (Fsp3) is 0.455. The van der Waals surface area contributed by atoms with Crippen LogP contribution in [0.5, 0.6) is 0 Å². The van der Waals surface area contributed by atoms with Crippen molar-refractivity contribution in [3.63, 3.8) is 0 Å². The lowest BCUT2D eigenvalue weighted by molar-refractivity contribution is 0.739. The molecule has 0 fully saturated rings. The highest BCUT2D eigenvalue weighted by atomic mass is 32.2. The predicted molar refractivity (Wildman–Crippen MR) is 66.6 cm³/mol. The number of pyridine rings is 1. The van der Waals surface area contributed by atoms with Gasteiger partial charge in [0, 0.05) is 11.4 Å². The molecule has 86 valence electrons. The first kappa shape index (κ1) is 11.4. The van der Waals surface area contributed by atoms with Gasteiger partial charge >= 0.3 is 0 Å². The molecule has 0 saturated carbocycles. The van der Waals surface area contributed by atoms with Crippen molar-refractivity contribution in [2.75, 3.05) is 6.54 Å². The minimum Gasteiger partial charge on any atom is -0.330 e. The van der Waals surface area contributed by atoms with Crippen molar-refractivity contribution in [1.82, 2.24) is 14.6 Å². The molecule has 0 spiro atoms. The predicted octanol–water partition coefficient (Wildman–Crippen LogP) is 1.95. The highest BCUT2D eigenvalue weighted by Gasteiger charge is 2.12. The van der Waals surface area contributed by atoms with Crippen LogP contribution in [-0.4, -0.2) is 26.4 Å². The van der Waals surface area contributed by atoms with E-state index in [1.807, 2.05) is 28.8 Å². The van der Waals surface area contributed by atoms with Crippen molar-refractivity contribution in [3.05, 3.63) is 24.4 Å². The van der Waals surface area contributed by atoms with Crippen LogP contribution in [0.25, 0.3) is 5.65 Å². The van der Waals surface area contributed by atoms with Gasteiger partial charge in [-0.15, -0.1) is 10.2 Å². The molecule has 2 heterocycles. The van der Waals surface area contributed by atoms with E-state index < -0.39 is 0 Å². The van der Waals surface area contributed by atoms with Crippen LogP contribution in [0.4, 0.5) is 0 Å². The monoisotopic (exact) mass is 236 g/mol. The Hall–Kier alpha value is -1.07. The average Bonchev–Trinajstić information content (AvgIpc) is 2.72. The lowest BCUT2D eigenvalue weighted by Gasteiger charge is -2.11. The van der Waals surface area contributed by atoms with Gasteiger partial charge in [0.25, 0.3) is 0 Å². The molecule has 2 aromatic heterocycles. The van der Waals surface area contributed by atoms with Gasteiger partial charge in [-0.2, -0.15) is 0 Å². The molecule has 0 aliphatic heterocycles. The van der Waals surface area contributed by atoms with E-state index in [-0.39, 0.29) is 0 Å². The van der Waals surface area contributed by atoms with Crippen molar-refractivity contribution >= 4 is 17.4 Å². The van der Waals surface area contributed by atoms with E-state index in [1.54, 1.807) is 11.8 Å². The molecule has 0 amide bonds. The van der Waals surface area contributed by atoms with E-state index in [4.69, 9.17) is 5.73 Å². The number of hydrogen-bond acceptors (Lipinski definition) is 4. The van der Waals surface area contributed by atoms with Gasteiger partial charge in [-0.1, -0.05) is 24.8 Å². The van der Waals surface area contributed by atoms with Gasteiger partial charge in [0.1, 0.15) is 0 Å². The second-order valence-electron chi connectivity index (χ2n) is 3.64. The Labute approximate surface area is 99.2 Å². The molecule has 0 radical (unpaired) electrons. The average molecular weight is 236 g/mol. The normalized spacial score (nSPS) is 13.1. The molecule has 4 nitrogen and oxygen atoms in total. The molecule has 0 bridgehead atoms. The zero-order valence-corrected chi connectivity index (χ0v) is 10.2. The highest BCUT2D eigenvalue weighted by molar-refractivity contribution is 7.99. The number of fused-ring (bicyclic) bond motifs is 1. The molecule has 0 saturated heterocycles. The first-order chi connectivity index (χ1) is 7.85. The second kappa shape index (κ2) is 5.32. The highest BCUT2D eigenvalue weighted by Crippen LogP contribution is 2.25. The summed E-state index contributed by atoms with van der Waals surface area (Å²) in [7, 11) is 0. The van der Waals surface area contributed by atoms with Gasteiger partial charge in [0.05, 0.1) is 0 Å². The maximum atomic E-state index is 5.59. The number of nitrogens with zero attached hydrogens (tertiary/aromatic N) is 3.